The Morgan fingerprint density at radius 3 is 2.94 bits per heavy atom. The smallest absolute Gasteiger partial charge is 0.125 e. The SMILES string of the molecule is CC(C)(O)CN1CCNc2cc(F)ccc21. The molecule has 1 aliphatic heterocycles. The van der Waals surface area contributed by atoms with Gasteiger partial charge in [-0.05, 0) is 32.0 Å². The van der Waals surface area contributed by atoms with Crippen LogP contribution in [0.3, 0.4) is 0 Å². The molecule has 0 amide bonds. The maximum atomic E-state index is 13.1. The zero-order chi connectivity index (χ0) is 11.8. The molecule has 1 aromatic carbocycles. The number of hydrogen-bond acceptors (Lipinski definition) is 3. The Morgan fingerprint density at radius 1 is 1.50 bits per heavy atom. The van der Waals surface area contributed by atoms with E-state index in [2.05, 4.69) is 10.2 Å². The highest BCUT2D eigenvalue weighted by atomic mass is 19.1. The van der Waals surface area contributed by atoms with E-state index in [9.17, 15) is 9.50 Å². The van der Waals surface area contributed by atoms with E-state index >= 15 is 0 Å². The Bertz CT molecular complexity index is 387. The van der Waals surface area contributed by atoms with Gasteiger partial charge in [0.15, 0.2) is 0 Å². The van der Waals surface area contributed by atoms with E-state index in [1.807, 2.05) is 0 Å². The molecule has 16 heavy (non-hydrogen) atoms. The van der Waals surface area contributed by atoms with Gasteiger partial charge in [-0.2, -0.15) is 0 Å². The summed E-state index contributed by atoms with van der Waals surface area (Å²) in [6, 6.07) is 4.69. The maximum absolute atomic E-state index is 13.1. The zero-order valence-corrected chi connectivity index (χ0v) is 9.63. The third kappa shape index (κ3) is 2.44. The molecular weight excluding hydrogens is 207 g/mol. The van der Waals surface area contributed by atoms with Gasteiger partial charge in [0.2, 0.25) is 0 Å². The summed E-state index contributed by atoms with van der Waals surface area (Å²) in [5, 5.41) is 13.0. The summed E-state index contributed by atoms with van der Waals surface area (Å²) in [4.78, 5) is 2.07. The number of β-amino-alcohol motifs (C(OH)–C–C–N with tert-alkyl or cyclic N) is 1. The van der Waals surface area contributed by atoms with Crippen LogP contribution in [0.15, 0.2) is 18.2 Å². The molecule has 0 spiro atoms. The minimum Gasteiger partial charge on any atom is -0.389 e. The largest absolute Gasteiger partial charge is 0.389 e. The van der Waals surface area contributed by atoms with E-state index in [1.165, 1.54) is 12.1 Å². The van der Waals surface area contributed by atoms with Crippen molar-refractivity contribution >= 4 is 11.4 Å². The molecule has 1 heterocycles. The molecule has 0 fully saturated rings. The van der Waals surface area contributed by atoms with Gasteiger partial charge in [0.25, 0.3) is 0 Å². The molecule has 0 atom stereocenters. The summed E-state index contributed by atoms with van der Waals surface area (Å²) in [6.45, 7) is 5.69. The van der Waals surface area contributed by atoms with E-state index in [-0.39, 0.29) is 5.82 Å². The van der Waals surface area contributed by atoms with Crippen LogP contribution in [0.4, 0.5) is 15.8 Å². The molecule has 4 heteroatoms. The molecule has 0 radical (unpaired) electrons. The quantitative estimate of drug-likeness (QED) is 0.804. The van der Waals surface area contributed by atoms with Crippen molar-refractivity contribution in [3.8, 4) is 0 Å². The van der Waals surface area contributed by atoms with Gasteiger partial charge in [0, 0.05) is 19.6 Å². The number of nitrogens with zero attached hydrogens (tertiary/aromatic N) is 1. The fraction of sp³-hybridized carbons (Fsp3) is 0.500. The Hall–Kier alpha value is -1.29. The Balaban J connectivity index is 2.26. The molecule has 1 aromatic rings. The van der Waals surface area contributed by atoms with Crippen LogP contribution in [0.2, 0.25) is 0 Å². The molecule has 0 bridgehead atoms. The number of benzene rings is 1. The zero-order valence-electron chi connectivity index (χ0n) is 9.63. The van der Waals surface area contributed by atoms with E-state index in [4.69, 9.17) is 0 Å². The van der Waals surface area contributed by atoms with Gasteiger partial charge in [0.05, 0.1) is 17.0 Å². The second-order valence-electron chi connectivity index (χ2n) is 4.82. The lowest BCUT2D eigenvalue weighted by Crippen LogP contribution is -2.43. The number of anilines is 2. The highest BCUT2D eigenvalue weighted by Gasteiger charge is 2.23. The van der Waals surface area contributed by atoms with Crippen LogP contribution in [0.5, 0.6) is 0 Å². The molecule has 0 saturated heterocycles. The van der Waals surface area contributed by atoms with E-state index in [0.717, 1.165) is 24.5 Å². The molecule has 3 nitrogen and oxygen atoms in total. The van der Waals surface area contributed by atoms with Crippen molar-refractivity contribution in [1.29, 1.82) is 0 Å². The average Bonchev–Trinajstić information content (AvgIpc) is 2.15. The van der Waals surface area contributed by atoms with E-state index in [1.54, 1.807) is 19.9 Å². The van der Waals surface area contributed by atoms with Crippen LogP contribution >= 0.6 is 0 Å². The van der Waals surface area contributed by atoms with Crippen LogP contribution in [-0.2, 0) is 0 Å². The van der Waals surface area contributed by atoms with E-state index in [0.29, 0.717) is 6.54 Å². The lowest BCUT2D eigenvalue weighted by atomic mass is 10.1. The summed E-state index contributed by atoms with van der Waals surface area (Å²) in [5.41, 5.74) is 1.01. The van der Waals surface area contributed by atoms with Gasteiger partial charge in [0.1, 0.15) is 5.82 Å². The van der Waals surface area contributed by atoms with Crippen molar-refractivity contribution in [2.24, 2.45) is 0 Å². The number of aliphatic hydroxyl groups is 1. The number of halogens is 1. The first kappa shape index (κ1) is 11.2. The summed E-state index contributed by atoms with van der Waals surface area (Å²) < 4.78 is 13.1. The highest BCUT2D eigenvalue weighted by molar-refractivity contribution is 5.72. The third-order valence-electron chi connectivity index (χ3n) is 2.57. The molecule has 2 rings (SSSR count). The first-order valence-electron chi connectivity index (χ1n) is 5.46. The third-order valence-corrected chi connectivity index (χ3v) is 2.57. The van der Waals surface area contributed by atoms with Gasteiger partial charge in [-0.1, -0.05) is 0 Å². The molecule has 88 valence electrons. The van der Waals surface area contributed by atoms with Gasteiger partial charge < -0.3 is 15.3 Å². The summed E-state index contributed by atoms with van der Waals surface area (Å²) in [6.07, 6.45) is 0. The molecule has 0 saturated carbocycles. The van der Waals surface area contributed by atoms with Gasteiger partial charge >= 0.3 is 0 Å². The van der Waals surface area contributed by atoms with Crippen molar-refractivity contribution in [2.75, 3.05) is 29.9 Å². The predicted molar refractivity (Wildman–Crippen MR) is 63.4 cm³/mol. The number of fused-ring (bicyclic) bond motifs is 1. The van der Waals surface area contributed by atoms with Crippen molar-refractivity contribution in [3.05, 3.63) is 24.0 Å². The number of hydrogen-bond donors (Lipinski definition) is 2. The summed E-state index contributed by atoms with van der Waals surface area (Å²) in [7, 11) is 0. The van der Waals surface area contributed by atoms with Gasteiger partial charge in [-0.25, -0.2) is 4.39 Å². The molecule has 1 aliphatic rings. The maximum Gasteiger partial charge on any atom is 0.125 e. The molecule has 2 N–H and O–H groups in total. The van der Waals surface area contributed by atoms with Gasteiger partial charge in [-0.15, -0.1) is 0 Å². The Kier molecular flexibility index (Phi) is 2.76. The summed E-state index contributed by atoms with van der Waals surface area (Å²) in [5.74, 6) is -0.239. The fourth-order valence-electron chi connectivity index (χ4n) is 2.00. The molecular formula is C12H17FN2O. The first-order valence-corrected chi connectivity index (χ1v) is 5.46. The Labute approximate surface area is 94.9 Å². The van der Waals surface area contributed by atoms with E-state index < -0.39 is 5.60 Å². The average molecular weight is 224 g/mol. The molecule has 0 unspecified atom stereocenters. The van der Waals surface area contributed by atoms with Gasteiger partial charge in [-0.3, -0.25) is 0 Å². The topological polar surface area (TPSA) is 35.5 Å². The standard InChI is InChI=1S/C12H17FN2O/c1-12(2,16)8-15-6-5-14-10-7-9(13)3-4-11(10)15/h3-4,7,14,16H,5-6,8H2,1-2H3. The van der Waals surface area contributed by atoms with Crippen LogP contribution in [0.25, 0.3) is 0 Å². The number of nitrogens with one attached hydrogen (secondary N) is 1. The Morgan fingerprint density at radius 2 is 2.25 bits per heavy atom. The van der Waals surface area contributed by atoms with Crippen molar-refractivity contribution < 1.29 is 9.50 Å². The minimum absolute atomic E-state index is 0.239. The lowest BCUT2D eigenvalue weighted by molar-refractivity contribution is 0.0874. The number of rotatable bonds is 2. The van der Waals surface area contributed by atoms with Crippen molar-refractivity contribution in [1.82, 2.24) is 0 Å². The van der Waals surface area contributed by atoms with Crippen LogP contribution in [-0.4, -0.2) is 30.3 Å². The minimum atomic E-state index is -0.747. The molecule has 0 aromatic heterocycles. The fourth-order valence-corrected chi connectivity index (χ4v) is 2.00. The second-order valence-corrected chi connectivity index (χ2v) is 4.82. The van der Waals surface area contributed by atoms with Crippen LogP contribution in [0, 0.1) is 5.82 Å². The van der Waals surface area contributed by atoms with Crippen molar-refractivity contribution in [3.63, 3.8) is 0 Å². The normalized spacial score (nSPS) is 15.6. The monoisotopic (exact) mass is 224 g/mol. The molecule has 0 aliphatic carbocycles. The lowest BCUT2D eigenvalue weighted by Gasteiger charge is -2.35. The second kappa shape index (κ2) is 3.94. The summed E-state index contributed by atoms with van der Waals surface area (Å²) >= 11 is 0. The predicted octanol–water partition coefficient (Wildman–Crippen LogP) is 1.83. The highest BCUT2D eigenvalue weighted by Crippen LogP contribution is 2.30. The van der Waals surface area contributed by atoms with Crippen molar-refractivity contribution in [2.45, 2.75) is 19.4 Å². The van der Waals surface area contributed by atoms with Crippen LogP contribution < -0.4 is 10.2 Å². The first-order chi connectivity index (χ1) is 7.46. The van der Waals surface area contributed by atoms with Crippen LogP contribution in [0.1, 0.15) is 13.8 Å².